The van der Waals surface area contributed by atoms with Crippen LogP contribution in [0.3, 0.4) is 0 Å². The Morgan fingerprint density at radius 1 is 0.600 bits per heavy atom. The predicted molar refractivity (Wildman–Crippen MR) is 164 cm³/mol. The number of carbonyl (C=O) groups excluding carboxylic acids is 1. The first-order valence-corrected chi connectivity index (χ1v) is 17.6. The van der Waals surface area contributed by atoms with Crippen molar-refractivity contribution in [3.63, 3.8) is 0 Å². The largest absolute Gasteiger partial charge is 0.463 e. The summed E-state index contributed by atoms with van der Waals surface area (Å²) in [5, 5.41) is 0. The SMILES string of the molecule is CCCCCCCCCCCCCCCCCCCCCC(=O)OCCOCCOS(=O)(=O)c1ccc(C)cc1. The highest BCUT2D eigenvalue weighted by atomic mass is 32.2. The van der Waals surface area contributed by atoms with Gasteiger partial charge in [0.1, 0.15) is 6.61 Å². The van der Waals surface area contributed by atoms with E-state index < -0.39 is 10.1 Å². The van der Waals surface area contributed by atoms with Crippen LogP contribution in [0, 0.1) is 6.92 Å². The average Bonchev–Trinajstić information content (AvgIpc) is 2.94. The van der Waals surface area contributed by atoms with Crippen LogP contribution in [-0.2, 0) is 28.6 Å². The molecular formula is C33H58O6S. The maximum Gasteiger partial charge on any atom is 0.305 e. The summed E-state index contributed by atoms with van der Waals surface area (Å²) >= 11 is 0. The molecule has 0 unspecified atom stereocenters. The van der Waals surface area contributed by atoms with Crippen LogP contribution in [0.5, 0.6) is 0 Å². The van der Waals surface area contributed by atoms with E-state index in [0.29, 0.717) is 6.42 Å². The van der Waals surface area contributed by atoms with Crippen LogP contribution in [-0.4, -0.2) is 40.8 Å². The lowest BCUT2D eigenvalue weighted by Gasteiger charge is -2.08. The Morgan fingerprint density at radius 3 is 1.50 bits per heavy atom. The lowest BCUT2D eigenvalue weighted by Crippen LogP contribution is -2.15. The lowest BCUT2D eigenvalue weighted by atomic mass is 10.0. The molecule has 0 saturated carbocycles. The lowest BCUT2D eigenvalue weighted by molar-refractivity contribution is -0.145. The van der Waals surface area contributed by atoms with Gasteiger partial charge in [0.2, 0.25) is 0 Å². The van der Waals surface area contributed by atoms with Gasteiger partial charge >= 0.3 is 5.97 Å². The molecule has 0 aliphatic heterocycles. The number of rotatable bonds is 28. The summed E-state index contributed by atoms with van der Waals surface area (Å²) in [6.07, 6.45) is 25.7. The van der Waals surface area contributed by atoms with Gasteiger partial charge in [-0.05, 0) is 25.5 Å². The van der Waals surface area contributed by atoms with Gasteiger partial charge in [-0.1, -0.05) is 140 Å². The minimum absolute atomic E-state index is 0.0798. The molecule has 0 N–H and O–H groups in total. The molecule has 6 nitrogen and oxygen atoms in total. The smallest absolute Gasteiger partial charge is 0.305 e. The molecule has 40 heavy (non-hydrogen) atoms. The molecule has 0 aromatic heterocycles. The molecule has 0 fully saturated rings. The molecule has 0 bridgehead atoms. The van der Waals surface area contributed by atoms with Gasteiger partial charge in [-0.15, -0.1) is 0 Å². The van der Waals surface area contributed by atoms with Crippen LogP contribution in [0.2, 0.25) is 0 Å². The third-order valence-electron chi connectivity index (χ3n) is 7.25. The monoisotopic (exact) mass is 582 g/mol. The van der Waals surface area contributed by atoms with Gasteiger partial charge in [0, 0.05) is 6.42 Å². The van der Waals surface area contributed by atoms with Crippen molar-refractivity contribution in [3.05, 3.63) is 29.8 Å². The fourth-order valence-corrected chi connectivity index (χ4v) is 5.61. The van der Waals surface area contributed by atoms with Crippen molar-refractivity contribution >= 4 is 16.1 Å². The summed E-state index contributed by atoms with van der Waals surface area (Å²) in [5.41, 5.74) is 0.979. The summed E-state index contributed by atoms with van der Waals surface area (Å²) in [4.78, 5) is 12.0. The summed E-state index contributed by atoms with van der Waals surface area (Å²) in [7, 11) is -3.78. The Bertz CT molecular complexity index is 822. The average molecular weight is 583 g/mol. The molecule has 7 heteroatoms. The Labute approximate surface area is 246 Å². The van der Waals surface area contributed by atoms with E-state index in [1.807, 2.05) is 6.92 Å². The highest BCUT2D eigenvalue weighted by Crippen LogP contribution is 2.15. The zero-order valence-corrected chi connectivity index (χ0v) is 26.5. The Balaban J connectivity index is 1.79. The van der Waals surface area contributed by atoms with Crippen molar-refractivity contribution in [3.8, 4) is 0 Å². The zero-order valence-electron chi connectivity index (χ0n) is 25.6. The first-order valence-electron chi connectivity index (χ1n) is 16.1. The Morgan fingerprint density at radius 2 is 1.02 bits per heavy atom. The van der Waals surface area contributed by atoms with Crippen molar-refractivity contribution in [2.24, 2.45) is 0 Å². The Kier molecular flexibility index (Phi) is 23.1. The van der Waals surface area contributed by atoms with E-state index in [1.165, 1.54) is 121 Å². The van der Waals surface area contributed by atoms with Gasteiger partial charge in [0.05, 0.1) is 24.7 Å². The van der Waals surface area contributed by atoms with E-state index in [4.69, 9.17) is 13.7 Å². The second-order valence-corrected chi connectivity index (χ2v) is 12.7. The number of esters is 1. The minimum Gasteiger partial charge on any atom is -0.463 e. The van der Waals surface area contributed by atoms with E-state index in [9.17, 15) is 13.2 Å². The van der Waals surface area contributed by atoms with E-state index in [1.54, 1.807) is 12.1 Å². The quantitative estimate of drug-likeness (QED) is 0.0557. The number of ether oxygens (including phenoxy) is 2. The fraction of sp³-hybridized carbons (Fsp3) is 0.788. The molecular weight excluding hydrogens is 524 g/mol. The molecule has 232 valence electrons. The number of aryl methyl sites for hydroxylation is 1. The van der Waals surface area contributed by atoms with Crippen LogP contribution in [0.25, 0.3) is 0 Å². The molecule has 0 atom stereocenters. The molecule has 0 spiro atoms. The van der Waals surface area contributed by atoms with Crippen molar-refractivity contribution < 1.29 is 26.9 Å². The second kappa shape index (κ2) is 25.3. The van der Waals surface area contributed by atoms with E-state index in [2.05, 4.69) is 6.92 Å². The maximum atomic E-state index is 12.1. The molecule has 0 saturated heterocycles. The number of unbranched alkanes of at least 4 members (excludes halogenated alkanes) is 18. The van der Waals surface area contributed by atoms with Crippen LogP contribution in [0.1, 0.15) is 141 Å². The summed E-state index contributed by atoms with van der Waals surface area (Å²) in [6.45, 7) is 4.59. The molecule has 0 amide bonds. The summed E-state index contributed by atoms with van der Waals surface area (Å²) in [5.74, 6) is -0.200. The first-order chi connectivity index (χ1) is 19.5. The van der Waals surface area contributed by atoms with E-state index in [-0.39, 0.29) is 37.3 Å². The predicted octanol–water partition coefficient (Wildman–Crippen LogP) is 9.08. The topological polar surface area (TPSA) is 78.9 Å². The molecule has 0 heterocycles. The molecule has 1 rings (SSSR count). The highest BCUT2D eigenvalue weighted by molar-refractivity contribution is 7.86. The van der Waals surface area contributed by atoms with Gasteiger partial charge in [0.25, 0.3) is 10.1 Å². The third-order valence-corrected chi connectivity index (χ3v) is 8.58. The van der Waals surface area contributed by atoms with E-state index in [0.717, 1.165) is 18.4 Å². The zero-order chi connectivity index (χ0) is 29.2. The van der Waals surface area contributed by atoms with Crippen LogP contribution < -0.4 is 0 Å². The number of carbonyl (C=O) groups is 1. The van der Waals surface area contributed by atoms with Gasteiger partial charge in [-0.3, -0.25) is 8.98 Å². The van der Waals surface area contributed by atoms with Crippen molar-refractivity contribution in [2.45, 2.75) is 147 Å². The maximum absolute atomic E-state index is 12.1. The number of hydrogen-bond donors (Lipinski definition) is 0. The second-order valence-electron chi connectivity index (χ2n) is 11.0. The standard InChI is InChI=1S/C33H58O6S/c1-3-4-5-6-7-8-9-10-11-12-13-14-15-16-17-18-19-20-21-22-33(34)38-29-27-37-28-30-39-40(35,36)32-25-23-31(2)24-26-32/h23-26H,3-22,27-30H2,1-2H3. The summed E-state index contributed by atoms with van der Waals surface area (Å²) in [6, 6.07) is 6.49. The van der Waals surface area contributed by atoms with Gasteiger partial charge in [-0.2, -0.15) is 8.42 Å². The first kappa shape index (κ1) is 36.6. The fourth-order valence-electron chi connectivity index (χ4n) is 4.71. The normalized spacial score (nSPS) is 11.7. The third kappa shape index (κ3) is 21.3. The molecule has 1 aromatic carbocycles. The molecule has 0 radical (unpaired) electrons. The van der Waals surface area contributed by atoms with Gasteiger partial charge in [0.15, 0.2) is 0 Å². The van der Waals surface area contributed by atoms with Crippen molar-refractivity contribution in [2.75, 3.05) is 26.4 Å². The van der Waals surface area contributed by atoms with Crippen molar-refractivity contribution in [1.29, 1.82) is 0 Å². The number of benzene rings is 1. The minimum atomic E-state index is -3.78. The number of hydrogen-bond acceptors (Lipinski definition) is 6. The van der Waals surface area contributed by atoms with Crippen LogP contribution in [0.4, 0.5) is 0 Å². The van der Waals surface area contributed by atoms with Crippen molar-refractivity contribution in [1.82, 2.24) is 0 Å². The Hall–Kier alpha value is -1.44. The van der Waals surface area contributed by atoms with Crippen LogP contribution in [0.15, 0.2) is 29.2 Å². The van der Waals surface area contributed by atoms with E-state index >= 15 is 0 Å². The molecule has 0 aliphatic carbocycles. The molecule has 1 aromatic rings. The highest BCUT2D eigenvalue weighted by Gasteiger charge is 2.14. The van der Waals surface area contributed by atoms with Crippen LogP contribution >= 0.6 is 0 Å². The molecule has 0 aliphatic rings. The van der Waals surface area contributed by atoms with Gasteiger partial charge < -0.3 is 9.47 Å². The summed E-state index contributed by atoms with van der Waals surface area (Å²) < 4.78 is 39.6. The van der Waals surface area contributed by atoms with Gasteiger partial charge in [-0.25, -0.2) is 0 Å².